The molecule has 1 saturated heterocycles. The van der Waals surface area contributed by atoms with Gasteiger partial charge in [-0.15, -0.1) is 0 Å². The summed E-state index contributed by atoms with van der Waals surface area (Å²) >= 11 is 0. The molecule has 0 spiro atoms. The van der Waals surface area contributed by atoms with Gasteiger partial charge in [-0.3, -0.25) is 9.59 Å². The number of amides is 1. The van der Waals surface area contributed by atoms with Crippen molar-refractivity contribution in [1.82, 2.24) is 4.90 Å². The SMILES string of the molecule is CC12CC[C@H]3C(CCN4C(=O)C=CCCC34C)C1CCC2=O. The minimum absolute atomic E-state index is 0.00350. The third-order valence-electron chi connectivity index (χ3n) is 7.59. The lowest BCUT2D eigenvalue weighted by Crippen LogP contribution is -2.62. The summed E-state index contributed by atoms with van der Waals surface area (Å²) in [6.45, 7) is 5.41. The first-order valence-corrected chi connectivity index (χ1v) is 8.98. The van der Waals surface area contributed by atoms with Gasteiger partial charge >= 0.3 is 0 Å². The molecule has 2 heterocycles. The molecule has 4 rings (SSSR count). The molecular formula is C19H27NO2. The van der Waals surface area contributed by atoms with Crippen molar-refractivity contribution < 1.29 is 9.59 Å². The van der Waals surface area contributed by atoms with Gasteiger partial charge in [0.2, 0.25) is 5.91 Å². The van der Waals surface area contributed by atoms with Gasteiger partial charge in [-0.05, 0) is 69.3 Å². The fourth-order valence-corrected chi connectivity index (χ4v) is 6.30. The molecule has 0 bridgehead atoms. The van der Waals surface area contributed by atoms with Gasteiger partial charge in [-0.2, -0.15) is 0 Å². The molecule has 0 aromatic rings. The highest BCUT2D eigenvalue weighted by Crippen LogP contribution is 2.60. The predicted molar refractivity (Wildman–Crippen MR) is 85.2 cm³/mol. The van der Waals surface area contributed by atoms with Crippen molar-refractivity contribution in [2.75, 3.05) is 6.54 Å². The number of carbonyl (C=O) groups excluding carboxylic acids is 2. The molecule has 0 N–H and O–H groups in total. The standard InChI is InChI=1S/C19H27NO2/c1-18-11-8-15-13(14(18)6-7-16(18)21)9-12-20-17(22)5-3-4-10-19(15,20)2/h3,5,13-15H,4,6-12H2,1-2H3/t13?,14?,15-,18?,19?/m0/s1. The maximum absolute atomic E-state index is 12.5. The lowest BCUT2D eigenvalue weighted by molar-refractivity contribution is -0.151. The van der Waals surface area contributed by atoms with E-state index in [0.29, 0.717) is 23.5 Å². The minimum Gasteiger partial charge on any atom is -0.333 e. The van der Waals surface area contributed by atoms with E-state index in [1.807, 2.05) is 6.08 Å². The second-order valence-electron chi connectivity index (χ2n) is 8.37. The zero-order valence-electron chi connectivity index (χ0n) is 13.8. The highest BCUT2D eigenvalue weighted by molar-refractivity contribution is 5.89. The molecule has 2 aliphatic heterocycles. The van der Waals surface area contributed by atoms with E-state index < -0.39 is 0 Å². The van der Waals surface area contributed by atoms with Crippen molar-refractivity contribution in [2.45, 2.75) is 64.3 Å². The topological polar surface area (TPSA) is 37.4 Å². The summed E-state index contributed by atoms with van der Waals surface area (Å²) in [6.07, 6.45) is 11.0. The van der Waals surface area contributed by atoms with Crippen LogP contribution in [0.4, 0.5) is 0 Å². The van der Waals surface area contributed by atoms with Crippen LogP contribution in [0, 0.1) is 23.2 Å². The Balaban J connectivity index is 1.69. The number of piperidine rings is 1. The van der Waals surface area contributed by atoms with E-state index in [2.05, 4.69) is 18.7 Å². The number of nitrogens with zero attached hydrogens (tertiary/aromatic N) is 1. The smallest absolute Gasteiger partial charge is 0.246 e. The molecule has 3 heteroatoms. The molecule has 2 saturated carbocycles. The summed E-state index contributed by atoms with van der Waals surface area (Å²) in [5.41, 5.74) is -0.0663. The highest BCUT2D eigenvalue weighted by Gasteiger charge is 2.59. The molecule has 22 heavy (non-hydrogen) atoms. The molecule has 3 nitrogen and oxygen atoms in total. The van der Waals surface area contributed by atoms with Crippen molar-refractivity contribution in [2.24, 2.45) is 23.2 Å². The third-order valence-corrected chi connectivity index (χ3v) is 7.59. The molecular weight excluding hydrogens is 274 g/mol. The van der Waals surface area contributed by atoms with Crippen LogP contribution in [0.15, 0.2) is 12.2 Å². The van der Waals surface area contributed by atoms with Gasteiger partial charge < -0.3 is 4.90 Å². The quantitative estimate of drug-likeness (QED) is 0.688. The highest BCUT2D eigenvalue weighted by atomic mass is 16.2. The van der Waals surface area contributed by atoms with Crippen molar-refractivity contribution >= 4 is 11.7 Å². The van der Waals surface area contributed by atoms with Crippen LogP contribution in [0.3, 0.4) is 0 Å². The van der Waals surface area contributed by atoms with Crippen LogP contribution in [0.25, 0.3) is 0 Å². The van der Waals surface area contributed by atoms with Gasteiger partial charge in [0.25, 0.3) is 0 Å². The number of hydrogen-bond acceptors (Lipinski definition) is 2. The second kappa shape index (κ2) is 4.69. The molecule has 0 aromatic heterocycles. The number of Topliss-reactive ketones (excluding diaryl/α,β-unsaturated/α-hetero) is 1. The van der Waals surface area contributed by atoms with Crippen LogP contribution < -0.4 is 0 Å². The van der Waals surface area contributed by atoms with Gasteiger partial charge in [0, 0.05) is 23.9 Å². The maximum Gasteiger partial charge on any atom is 0.246 e. The lowest BCUT2D eigenvalue weighted by Gasteiger charge is -2.58. The number of fused-ring (bicyclic) bond motifs is 5. The first-order chi connectivity index (χ1) is 10.5. The number of allylic oxidation sites excluding steroid dienone is 1. The normalized spacial score (nSPS) is 47.7. The fraction of sp³-hybridized carbons (Fsp3) is 0.789. The van der Waals surface area contributed by atoms with E-state index in [1.54, 1.807) is 6.08 Å². The number of hydrogen-bond donors (Lipinski definition) is 0. The summed E-state index contributed by atoms with van der Waals surface area (Å²) in [6, 6.07) is 0. The third kappa shape index (κ3) is 1.74. The largest absolute Gasteiger partial charge is 0.333 e. The Morgan fingerprint density at radius 1 is 1.09 bits per heavy atom. The van der Waals surface area contributed by atoms with Crippen molar-refractivity contribution in [3.8, 4) is 0 Å². The molecule has 2 aliphatic carbocycles. The molecule has 4 aliphatic rings. The fourth-order valence-electron chi connectivity index (χ4n) is 6.30. The molecule has 4 unspecified atom stereocenters. The zero-order valence-corrected chi connectivity index (χ0v) is 13.8. The van der Waals surface area contributed by atoms with Crippen LogP contribution in [0.1, 0.15) is 58.8 Å². The Kier molecular flexibility index (Phi) is 3.08. The Hall–Kier alpha value is -1.12. The van der Waals surface area contributed by atoms with Gasteiger partial charge in [-0.25, -0.2) is 0 Å². The number of rotatable bonds is 0. The maximum atomic E-state index is 12.5. The van der Waals surface area contributed by atoms with Gasteiger partial charge in [0.1, 0.15) is 5.78 Å². The predicted octanol–water partition coefficient (Wildman–Crippen LogP) is 3.34. The van der Waals surface area contributed by atoms with Gasteiger partial charge in [0.15, 0.2) is 0 Å². The Bertz CT molecular complexity index is 554. The average molecular weight is 301 g/mol. The minimum atomic E-state index is -0.0628. The number of carbonyl (C=O) groups is 2. The first-order valence-electron chi connectivity index (χ1n) is 8.98. The zero-order chi connectivity index (χ0) is 15.5. The first kappa shape index (κ1) is 14.5. The Morgan fingerprint density at radius 3 is 2.73 bits per heavy atom. The van der Waals surface area contributed by atoms with E-state index in [4.69, 9.17) is 0 Å². The molecule has 120 valence electrons. The van der Waals surface area contributed by atoms with Crippen molar-refractivity contribution in [1.29, 1.82) is 0 Å². The van der Waals surface area contributed by atoms with Crippen LogP contribution in [0.2, 0.25) is 0 Å². The van der Waals surface area contributed by atoms with Crippen LogP contribution in [0.5, 0.6) is 0 Å². The summed E-state index contributed by atoms with van der Waals surface area (Å²) in [5, 5.41) is 0. The number of ketones is 1. The monoisotopic (exact) mass is 301 g/mol. The Labute approximate surface area is 133 Å². The summed E-state index contributed by atoms with van der Waals surface area (Å²) in [5.74, 6) is 2.48. The summed E-state index contributed by atoms with van der Waals surface area (Å²) < 4.78 is 0. The molecule has 0 radical (unpaired) electrons. The molecule has 1 amide bonds. The van der Waals surface area contributed by atoms with Gasteiger partial charge in [-0.1, -0.05) is 13.0 Å². The Morgan fingerprint density at radius 2 is 1.91 bits per heavy atom. The second-order valence-corrected chi connectivity index (χ2v) is 8.37. The summed E-state index contributed by atoms with van der Waals surface area (Å²) in [4.78, 5) is 27.0. The lowest BCUT2D eigenvalue weighted by atomic mass is 9.53. The molecule has 0 aromatic carbocycles. The summed E-state index contributed by atoms with van der Waals surface area (Å²) in [7, 11) is 0. The van der Waals surface area contributed by atoms with E-state index in [0.717, 1.165) is 51.5 Å². The van der Waals surface area contributed by atoms with Gasteiger partial charge in [0.05, 0.1) is 0 Å². The van der Waals surface area contributed by atoms with Crippen molar-refractivity contribution in [3.05, 3.63) is 12.2 Å². The van der Waals surface area contributed by atoms with Crippen molar-refractivity contribution in [3.63, 3.8) is 0 Å². The van der Waals surface area contributed by atoms with Crippen LogP contribution >= 0.6 is 0 Å². The van der Waals surface area contributed by atoms with E-state index in [9.17, 15) is 9.59 Å². The van der Waals surface area contributed by atoms with Crippen LogP contribution in [-0.4, -0.2) is 28.7 Å². The molecule has 3 fully saturated rings. The van der Waals surface area contributed by atoms with E-state index in [1.165, 1.54) is 0 Å². The van der Waals surface area contributed by atoms with E-state index >= 15 is 0 Å². The average Bonchev–Trinajstić information content (AvgIpc) is 2.70. The van der Waals surface area contributed by atoms with Crippen LogP contribution in [-0.2, 0) is 9.59 Å². The molecule has 5 atom stereocenters. The van der Waals surface area contributed by atoms with E-state index in [-0.39, 0.29) is 16.9 Å².